The van der Waals surface area contributed by atoms with Crippen LogP contribution in [0.3, 0.4) is 0 Å². The van der Waals surface area contributed by atoms with Gasteiger partial charge in [-0.05, 0) is 17.7 Å². The number of benzene rings is 1. The molecule has 0 radical (unpaired) electrons. The average Bonchev–Trinajstić information content (AvgIpc) is 2.91. The number of hydrogen-bond acceptors (Lipinski definition) is 3. The van der Waals surface area contributed by atoms with Gasteiger partial charge in [-0.25, -0.2) is 8.42 Å². The highest BCUT2D eigenvalue weighted by atomic mass is 35.5. The fourth-order valence-electron chi connectivity index (χ4n) is 2.14. The van der Waals surface area contributed by atoms with Gasteiger partial charge in [0.25, 0.3) is 0 Å². The van der Waals surface area contributed by atoms with Crippen LogP contribution in [0.4, 0.5) is 0 Å². The van der Waals surface area contributed by atoms with Gasteiger partial charge in [0.05, 0.1) is 5.25 Å². The summed E-state index contributed by atoms with van der Waals surface area (Å²) in [6.07, 6.45) is 1.88. The summed E-state index contributed by atoms with van der Waals surface area (Å²) in [5.41, 5.74) is 0.819. The summed E-state index contributed by atoms with van der Waals surface area (Å²) in [5.74, 6) is -0.653. The van der Waals surface area contributed by atoms with E-state index in [0.29, 0.717) is 5.02 Å². The molecular weight excluding hydrogens is 248 g/mol. The van der Waals surface area contributed by atoms with Crippen molar-refractivity contribution in [3.63, 3.8) is 0 Å². The van der Waals surface area contributed by atoms with Crippen molar-refractivity contribution in [1.29, 1.82) is 0 Å². The van der Waals surface area contributed by atoms with E-state index in [1.807, 2.05) is 0 Å². The molecule has 1 fully saturated rings. The number of halogens is 1. The minimum Gasteiger partial charge on any atom is -0.303 e. The summed E-state index contributed by atoms with van der Waals surface area (Å²) in [6, 6.07) is 7.00. The van der Waals surface area contributed by atoms with Crippen LogP contribution in [0.15, 0.2) is 24.3 Å². The molecule has 1 saturated carbocycles. The van der Waals surface area contributed by atoms with E-state index < -0.39 is 21.0 Å². The van der Waals surface area contributed by atoms with Gasteiger partial charge in [-0.3, -0.25) is 0 Å². The molecule has 0 aromatic heterocycles. The molecule has 0 bridgehead atoms. The third kappa shape index (κ3) is 1.99. The molecule has 0 N–H and O–H groups in total. The monoisotopic (exact) mass is 258 g/mol. The molecular formula is C11H11ClO3S. The first-order chi connectivity index (χ1) is 7.45. The maximum atomic E-state index is 11.4. The van der Waals surface area contributed by atoms with Gasteiger partial charge in [0.2, 0.25) is 0 Å². The Kier molecular flexibility index (Phi) is 2.80. The van der Waals surface area contributed by atoms with Crippen molar-refractivity contribution in [3.8, 4) is 0 Å². The summed E-state index contributed by atoms with van der Waals surface area (Å²) in [4.78, 5) is 10.8. The molecule has 0 amide bonds. The summed E-state index contributed by atoms with van der Waals surface area (Å²) in [6.45, 7) is 0. The Morgan fingerprint density at radius 1 is 1.38 bits per heavy atom. The summed E-state index contributed by atoms with van der Waals surface area (Å²) in [7, 11) is -3.18. The van der Waals surface area contributed by atoms with Crippen LogP contribution in [0.25, 0.3) is 0 Å². The van der Waals surface area contributed by atoms with Crippen molar-refractivity contribution in [1.82, 2.24) is 0 Å². The summed E-state index contributed by atoms with van der Waals surface area (Å²) in [5, 5.41) is -0.0234. The van der Waals surface area contributed by atoms with Crippen molar-refractivity contribution < 1.29 is 13.2 Å². The van der Waals surface area contributed by atoms with Crippen molar-refractivity contribution in [2.24, 2.45) is 5.92 Å². The Hall–Kier alpha value is -0.870. The Balaban J connectivity index is 2.34. The number of carbonyl (C=O) groups is 1. The minimum absolute atomic E-state index is 0.230. The van der Waals surface area contributed by atoms with E-state index in [4.69, 9.17) is 11.6 Å². The number of hydrogen-bond donors (Lipinski definition) is 0. The van der Waals surface area contributed by atoms with Gasteiger partial charge in [-0.1, -0.05) is 23.7 Å². The van der Waals surface area contributed by atoms with Crippen LogP contribution in [-0.2, 0) is 14.6 Å². The lowest BCUT2D eigenvalue weighted by molar-refractivity contribution is -0.108. The number of carbonyl (C=O) groups excluding carboxylic acids is 1. The molecule has 0 spiro atoms. The Bertz CT molecular complexity index is 524. The molecule has 1 aliphatic carbocycles. The minimum atomic E-state index is -3.18. The van der Waals surface area contributed by atoms with Crippen LogP contribution in [0.1, 0.15) is 11.5 Å². The van der Waals surface area contributed by atoms with E-state index in [1.54, 1.807) is 24.3 Å². The van der Waals surface area contributed by atoms with E-state index in [2.05, 4.69) is 0 Å². The lowest BCUT2D eigenvalue weighted by atomic mass is 10.1. The molecule has 0 saturated heterocycles. The molecule has 3 atom stereocenters. The molecule has 0 aliphatic heterocycles. The SMILES string of the molecule is CS(=O)(=O)[C@@H]1[C@@H](C=O)[C@@H]1c1cccc(Cl)c1. The van der Waals surface area contributed by atoms with Crippen LogP contribution < -0.4 is 0 Å². The fourth-order valence-corrected chi connectivity index (χ4v) is 3.93. The zero-order valence-corrected chi connectivity index (χ0v) is 10.2. The standard InChI is InChI=1S/C11H11ClO3S/c1-16(14,15)11-9(6-13)10(11)7-3-2-4-8(12)5-7/h2-6,9-11H,1H3/t9-,10-,11+/m0/s1. The molecule has 1 aromatic rings. The van der Waals surface area contributed by atoms with E-state index in [1.165, 1.54) is 6.26 Å². The van der Waals surface area contributed by atoms with Crippen LogP contribution in [0, 0.1) is 5.92 Å². The maximum absolute atomic E-state index is 11.4. The number of aldehydes is 1. The Morgan fingerprint density at radius 3 is 2.50 bits per heavy atom. The first kappa shape index (κ1) is 11.6. The molecule has 1 aromatic carbocycles. The molecule has 1 aliphatic rings. The van der Waals surface area contributed by atoms with Gasteiger partial charge >= 0.3 is 0 Å². The number of rotatable bonds is 3. The zero-order chi connectivity index (χ0) is 11.9. The molecule has 2 rings (SSSR count). The van der Waals surface area contributed by atoms with Gasteiger partial charge in [-0.15, -0.1) is 0 Å². The smallest absolute Gasteiger partial charge is 0.151 e. The van der Waals surface area contributed by atoms with Gasteiger partial charge < -0.3 is 4.79 Å². The highest BCUT2D eigenvalue weighted by Crippen LogP contribution is 2.51. The molecule has 3 nitrogen and oxygen atoms in total. The highest BCUT2D eigenvalue weighted by Gasteiger charge is 2.57. The summed E-state index contributed by atoms with van der Waals surface area (Å²) < 4.78 is 22.9. The molecule has 86 valence electrons. The van der Waals surface area contributed by atoms with Crippen molar-refractivity contribution in [2.75, 3.05) is 6.26 Å². The zero-order valence-electron chi connectivity index (χ0n) is 8.63. The molecule has 5 heteroatoms. The second-order valence-electron chi connectivity index (χ2n) is 4.09. The quantitative estimate of drug-likeness (QED) is 0.775. The van der Waals surface area contributed by atoms with E-state index >= 15 is 0 Å². The van der Waals surface area contributed by atoms with Gasteiger partial charge in [0.15, 0.2) is 9.84 Å². The second-order valence-corrected chi connectivity index (χ2v) is 6.73. The van der Waals surface area contributed by atoms with Crippen LogP contribution in [-0.4, -0.2) is 26.2 Å². The fraction of sp³-hybridized carbons (Fsp3) is 0.364. The molecule has 0 unspecified atom stereocenters. The first-order valence-electron chi connectivity index (χ1n) is 4.85. The van der Waals surface area contributed by atoms with Gasteiger partial charge in [0.1, 0.15) is 6.29 Å². The Morgan fingerprint density at radius 2 is 2.06 bits per heavy atom. The van der Waals surface area contributed by atoms with E-state index in [-0.39, 0.29) is 5.92 Å². The normalized spacial score (nSPS) is 28.8. The topological polar surface area (TPSA) is 51.2 Å². The van der Waals surface area contributed by atoms with Crippen molar-refractivity contribution >= 4 is 27.7 Å². The second kappa shape index (κ2) is 3.86. The van der Waals surface area contributed by atoms with Crippen LogP contribution in [0.5, 0.6) is 0 Å². The Labute approximate surface area is 99.3 Å². The number of sulfone groups is 1. The lowest BCUT2D eigenvalue weighted by Crippen LogP contribution is -2.07. The van der Waals surface area contributed by atoms with E-state index in [0.717, 1.165) is 11.8 Å². The third-order valence-corrected chi connectivity index (χ3v) is 4.72. The van der Waals surface area contributed by atoms with Crippen molar-refractivity contribution in [3.05, 3.63) is 34.9 Å². The molecule has 16 heavy (non-hydrogen) atoms. The summed E-state index contributed by atoms with van der Waals surface area (Å²) >= 11 is 5.83. The highest BCUT2D eigenvalue weighted by molar-refractivity contribution is 7.91. The lowest BCUT2D eigenvalue weighted by Gasteiger charge is -1.99. The van der Waals surface area contributed by atoms with Crippen LogP contribution in [0.2, 0.25) is 5.02 Å². The predicted octanol–water partition coefficient (Wildman–Crippen LogP) is 1.67. The average molecular weight is 259 g/mol. The largest absolute Gasteiger partial charge is 0.303 e. The third-order valence-electron chi connectivity index (χ3n) is 2.89. The molecule has 0 heterocycles. The van der Waals surface area contributed by atoms with Gasteiger partial charge in [-0.2, -0.15) is 0 Å². The van der Waals surface area contributed by atoms with Crippen molar-refractivity contribution in [2.45, 2.75) is 11.2 Å². The van der Waals surface area contributed by atoms with E-state index in [9.17, 15) is 13.2 Å². The van der Waals surface area contributed by atoms with Crippen LogP contribution >= 0.6 is 11.6 Å². The maximum Gasteiger partial charge on any atom is 0.151 e. The predicted molar refractivity (Wildman–Crippen MR) is 62.4 cm³/mol. The van der Waals surface area contributed by atoms with Gasteiger partial charge in [0, 0.05) is 23.1 Å². The first-order valence-corrected chi connectivity index (χ1v) is 7.18.